The van der Waals surface area contributed by atoms with Crippen molar-refractivity contribution in [3.05, 3.63) is 29.3 Å². The van der Waals surface area contributed by atoms with Gasteiger partial charge in [0.25, 0.3) is 0 Å². The highest BCUT2D eigenvalue weighted by Crippen LogP contribution is 2.13. The van der Waals surface area contributed by atoms with E-state index in [-0.39, 0.29) is 0 Å². The van der Waals surface area contributed by atoms with Crippen molar-refractivity contribution in [2.24, 2.45) is 0 Å². The number of hydrogen-bond acceptors (Lipinski definition) is 3. The van der Waals surface area contributed by atoms with Crippen LogP contribution < -0.4 is 16.0 Å². The molecule has 1 aromatic rings. The molecule has 0 aliphatic carbocycles. The molecule has 1 aromatic carbocycles. The van der Waals surface area contributed by atoms with Crippen LogP contribution in [0.1, 0.15) is 26.7 Å². The monoisotopic (exact) mass is 325 g/mol. The fourth-order valence-corrected chi connectivity index (χ4v) is 1.70. The van der Waals surface area contributed by atoms with Crippen molar-refractivity contribution in [2.75, 3.05) is 11.9 Å². The van der Waals surface area contributed by atoms with Crippen LogP contribution in [0.25, 0.3) is 0 Å². The van der Waals surface area contributed by atoms with E-state index < -0.39 is 23.8 Å². The van der Waals surface area contributed by atoms with Gasteiger partial charge in [-0.15, -0.1) is 0 Å². The Labute approximate surface area is 134 Å². The number of amides is 3. The van der Waals surface area contributed by atoms with Gasteiger partial charge in [0.15, 0.2) is 0 Å². The molecular weight excluding hydrogens is 306 g/mol. The fraction of sp³-hybridized carbons (Fsp3) is 0.400. The Morgan fingerprint density at radius 3 is 2.36 bits per heavy atom. The van der Waals surface area contributed by atoms with Crippen molar-refractivity contribution in [1.82, 2.24) is 10.6 Å². The number of unbranched alkanes of at least 4 members (excludes halogenated alkanes) is 1. The van der Waals surface area contributed by atoms with Crippen LogP contribution in [-0.4, -0.2) is 30.3 Å². The lowest BCUT2D eigenvalue weighted by atomic mass is 10.2. The molecule has 6 nitrogen and oxygen atoms in total. The molecule has 0 heterocycles. The van der Waals surface area contributed by atoms with Gasteiger partial charge in [0.05, 0.1) is 0 Å². The number of carbonyl (C=O) groups excluding carboxylic acids is 3. The molecule has 0 aromatic heterocycles. The minimum absolute atomic E-state index is 0.419. The topological polar surface area (TPSA) is 87.3 Å². The number of rotatable bonds is 6. The van der Waals surface area contributed by atoms with Gasteiger partial charge in [0.2, 0.25) is 5.91 Å². The lowest BCUT2D eigenvalue weighted by Crippen LogP contribution is -2.48. The Morgan fingerprint density at radius 2 is 1.77 bits per heavy atom. The second-order valence-corrected chi connectivity index (χ2v) is 5.24. The van der Waals surface area contributed by atoms with E-state index in [4.69, 9.17) is 11.6 Å². The first-order chi connectivity index (χ1) is 10.4. The standard InChI is InChI=1S/C15H20ClN3O3/c1-3-4-9-17-14(21)15(22)18-10(2)13(20)19-12-7-5-11(16)6-8-12/h5-8,10H,3-4,9H2,1-2H3,(H,17,21)(H,18,22)(H,19,20)/t10-/m1/s1. The van der Waals surface area contributed by atoms with Gasteiger partial charge in [0.1, 0.15) is 6.04 Å². The molecule has 0 saturated heterocycles. The predicted molar refractivity (Wildman–Crippen MR) is 85.6 cm³/mol. The summed E-state index contributed by atoms with van der Waals surface area (Å²) in [5, 5.41) is 8.02. The summed E-state index contributed by atoms with van der Waals surface area (Å²) in [5.74, 6) is -1.98. The minimum atomic E-state index is -0.833. The highest BCUT2D eigenvalue weighted by atomic mass is 35.5. The van der Waals surface area contributed by atoms with Crippen molar-refractivity contribution in [2.45, 2.75) is 32.7 Å². The maximum absolute atomic E-state index is 11.9. The van der Waals surface area contributed by atoms with E-state index in [1.807, 2.05) is 6.92 Å². The van der Waals surface area contributed by atoms with E-state index in [0.29, 0.717) is 17.3 Å². The first kappa shape index (κ1) is 18.0. The van der Waals surface area contributed by atoms with Crippen molar-refractivity contribution in [3.63, 3.8) is 0 Å². The largest absolute Gasteiger partial charge is 0.348 e. The zero-order valence-corrected chi connectivity index (χ0v) is 13.4. The molecule has 0 radical (unpaired) electrons. The number of carbonyl (C=O) groups is 3. The summed E-state index contributed by atoms with van der Waals surface area (Å²) in [6.45, 7) is 3.92. The molecule has 0 saturated carbocycles. The Kier molecular flexibility index (Phi) is 7.39. The smallest absolute Gasteiger partial charge is 0.309 e. The third kappa shape index (κ3) is 6.13. The molecule has 22 heavy (non-hydrogen) atoms. The van der Waals surface area contributed by atoms with Crippen molar-refractivity contribution >= 4 is 35.0 Å². The van der Waals surface area contributed by atoms with Crippen molar-refractivity contribution in [1.29, 1.82) is 0 Å². The first-order valence-electron chi connectivity index (χ1n) is 7.09. The quantitative estimate of drug-likeness (QED) is 0.549. The molecule has 0 unspecified atom stereocenters. The predicted octanol–water partition coefficient (Wildman–Crippen LogP) is 1.70. The van der Waals surface area contributed by atoms with Gasteiger partial charge in [-0.1, -0.05) is 24.9 Å². The summed E-state index contributed by atoms with van der Waals surface area (Å²) in [6, 6.07) is 5.74. The van der Waals surface area contributed by atoms with Crippen molar-refractivity contribution < 1.29 is 14.4 Å². The summed E-state index contributed by atoms with van der Waals surface area (Å²) in [5.41, 5.74) is 0.558. The molecule has 120 valence electrons. The number of benzene rings is 1. The number of anilines is 1. The van der Waals surface area contributed by atoms with Crippen LogP contribution in [0.5, 0.6) is 0 Å². The minimum Gasteiger partial charge on any atom is -0.348 e. The van der Waals surface area contributed by atoms with Gasteiger partial charge in [0, 0.05) is 17.3 Å². The van der Waals surface area contributed by atoms with E-state index in [2.05, 4.69) is 16.0 Å². The van der Waals surface area contributed by atoms with Gasteiger partial charge in [-0.2, -0.15) is 0 Å². The zero-order valence-electron chi connectivity index (χ0n) is 12.6. The Bertz CT molecular complexity index is 531. The molecule has 0 fully saturated rings. The van der Waals surface area contributed by atoms with E-state index in [9.17, 15) is 14.4 Å². The molecule has 0 bridgehead atoms. The average Bonchev–Trinajstić information content (AvgIpc) is 2.49. The summed E-state index contributed by atoms with van der Waals surface area (Å²) >= 11 is 5.75. The molecule has 0 aliphatic heterocycles. The Morgan fingerprint density at radius 1 is 1.14 bits per heavy atom. The number of nitrogens with one attached hydrogen (secondary N) is 3. The van der Waals surface area contributed by atoms with Crippen LogP contribution in [0.4, 0.5) is 5.69 Å². The SMILES string of the molecule is CCCCNC(=O)C(=O)N[C@H](C)C(=O)Nc1ccc(Cl)cc1. The molecule has 3 N–H and O–H groups in total. The van der Waals surface area contributed by atoms with Crippen LogP contribution in [0.15, 0.2) is 24.3 Å². The molecule has 0 aliphatic rings. The van der Waals surface area contributed by atoms with Crippen LogP contribution >= 0.6 is 11.6 Å². The summed E-state index contributed by atoms with van der Waals surface area (Å²) in [6.07, 6.45) is 1.72. The molecule has 3 amide bonds. The second-order valence-electron chi connectivity index (χ2n) is 4.80. The van der Waals surface area contributed by atoms with E-state index >= 15 is 0 Å². The first-order valence-corrected chi connectivity index (χ1v) is 7.47. The highest BCUT2D eigenvalue weighted by molar-refractivity contribution is 6.35. The van der Waals surface area contributed by atoms with E-state index in [1.165, 1.54) is 6.92 Å². The van der Waals surface area contributed by atoms with Gasteiger partial charge in [-0.3, -0.25) is 14.4 Å². The van der Waals surface area contributed by atoms with E-state index in [1.54, 1.807) is 24.3 Å². The third-order valence-corrected chi connectivity index (χ3v) is 3.13. The van der Waals surface area contributed by atoms with Gasteiger partial charge in [-0.05, 0) is 37.6 Å². The lowest BCUT2D eigenvalue weighted by molar-refractivity contribution is -0.140. The maximum Gasteiger partial charge on any atom is 0.309 e. The normalized spacial score (nSPS) is 11.4. The third-order valence-electron chi connectivity index (χ3n) is 2.87. The molecule has 1 atom stereocenters. The average molecular weight is 326 g/mol. The molecular formula is C15H20ClN3O3. The van der Waals surface area contributed by atoms with Crippen LogP contribution in [0.3, 0.4) is 0 Å². The fourth-order valence-electron chi connectivity index (χ4n) is 1.57. The number of halogens is 1. The molecule has 0 spiro atoms. The van der Waals surface area contributed by atoms with Gasteiger partial charge in [-0.25, -0.2) is 0 Å². The summed E-state index contributed by atoms with van der Waals surface area (Å²) in [4.78, 5) is 35.1. The van der Waals surface area contributed by atoms with Crippen LogP contribution in [0, 0.1) is 0 Å². The van der Waals surface area contributed by atoms with E-state index in [0.717, 1.165) is 12.8 Å². The van der Waals surface area contributed by atoms with Crippen LogP contribution in [-0.2, 0) is 14.4 Å². The Hall–Kier alpha value is -2.08. The second kappa shape index (κ2) is 9.04. The van der Waals surface area contributed by atoms with Gasteiger partial charge < -0.3 is 16.0 Å². The Balaban J connectivity index is 2.44. The maximum atomic E-state index is 11.9. The van der Waals surface area contributed by atoms with Crippen LogP contribution in [0.2, 0.25) is 5.02 Å². The summed E-state index contributed by atoms with van der Waals surface area (Å²) < 4.78 is 0. The zero-order chi connectivity index (χ0) is 16.5. The molecule has 1 rings (SSSR count). The van der Waals surface area contributed by atoms with Crippen molar-refractivity contribution in [3.8, 4) is 0 Å². The summed E-state index contributed by atoms with van der Waals surface area (Å²) in [7, 11) is 0. The van der Waals surface area contributed by atoms with Gasteiger partial charge >= 0.3 is 11.8 Å². The molecule has 7 heteroatoms. The number of hydrogen-bond donors (Lipinski definition) is 3. The lowest BCUT2D eigenvalue weighted by Gasteiger charge is -2.14. The highest BCUT2D eigenvalue weighted by Gasteiger charge is 2.20.